The number of fused-ring (bicyclic) bond motifs is 1. The predicted octanol–water partition coefficient (Wildman–Crippen LogP) is 4.10. The third-order valence-corrected chi connectivity index (χ3v) is 4.97. The fourth-order valence-electron chi connectivity index (χ4n) is 3.13. The molecule has 2 aromatic carbocycles. The highest BCUT2D eigenvalue weighted by Gasteiger charge is 2.63. The molecule has 0 saturated heterocycles. The number of hydrogen-bond donors (Lipinski definition) is 1. The van der Waals surface area contributed by atoms with Gasteiger partial charge < -0.3 is 5.32 Å². The van der Waals surface area contributed by atoms with Gasteiger partial charge in [-0.3, -0.25) is 14.9 Å². The maximum Gasteiger partial charge on any atom is 0.303 e. The molecule has 1 aliphatic rings. The lowest BCUT2D eigenvalue weighted by Gasteiger charge is -2.10. The second-order valence-corrected chi connectivity index (χ2v) is 6.83. The first kappa shape index (κ1) is 17.1. The average Bonchev–Trinajstić information content (AvgIpc) is 3.45. The van der Waals surface area contributed by atoms with Crippen LogP contribution in [0.1, 0.15) is 18.4 Å². The average molecular weight is 365 g/mol. The summed E-state index contributed by atoms with van der Waals surface area (Å²) < 4.78 is 13.6. The summed E-state index contributed by atoms with van der Waals surface area (Å²) in [5.74, 6) is -0.659. The number of carbonyl (C=O) groups excluding carboxylic acids is 1. The Balaban J connectivity index is 1.64. The van der Waals surface area contributed by atoms with Crippen molar-refractivity contribution in [1.82, 2.24) is 4.98 Å². The van der Waals surface area contributed by atoms with Crippen molar-refractivity contribution in [3.05, 3.63) is 70.2 Å². The standard InChI is InChI=1S/C20H16FN3O3/c1-12-2-5-16(21)10-17(12)14-4-3-13-9-18(22-11-15(13)8-14)23-19(25)20(6-7-20)24(26)27/h2-5,8-11H,6-7H2,1H3,(H,22,23,25). The quantitative estimate of drug-likeness (QED) is 0.557. The van der Waals surface area contributed by atoms with Crippen LogP contribution in [-0.4, -0.2) is 21.4 Å². The van der Waals surface area contributed by atoms with Crippen LogP contribution in [0.15, 0.2) is 48.7 Å². The molecule has 0 atom stereocenters. The number of benzene rings is 2. The molecule has 0 radical (unpaired) electrons. The first-order valence-corrected chi connectivity index (χ1v) is 8.51. The van der Waals surface area contributed by atoms with Gasteiger partial charge in [-0.25, -0.2) is 9.37 Å². The number of aryl methyl sites for hydroxylation is 1. The maximum absolute atomic E-state index is 13.6. The zero-order chi connectivity index (χ0) is 19.2. The Morgan fingerprint density at radius 2 is 1.96 bits per heavy atom. The minimum atomic E-state index is -1.50. The molecule has 1 fully saturated rings. The molecule has 4 rings (SSSR count). The number of hydrogen-bond acceptors (Lipinski definition) is 4. The molecule has 1 aromatic heterocycles. The minimum absolute atomic E-state index is 0.246. The summed E-state index contributed by atoms with van der Waals surface area (Å²) in [6.07, 6.45) is 2.08. The second-order valence-electron chi connectivity index (χ2n) is 6.83. The molecule has 1 heterocycles. The highest BCUT2D eigenvalue weighted by Crippen LogP contribution is 2.39. The van der Waals surface area contributed by atoms with Crippen LogP contribution < -0.4 is 5.32 Å². The number of amides is 1. The summed E-state index contributed by atoms with van der Waals surface area (Å²) in [5, 5.41) is 15.2. The molecule has 1 amide bonds. The van der Waals surface area contributed by atoms with Gasteiger partial charge in [-0.2, -0.15) is 0 Å². The molecule has 0 unspecified atom stereocenters. The van der Waals surface area contributed by atoms with Gasteiger partial charge in [0.2, 0.25) is 0 Å². The fraction of sp³-hybridized carbons (Fsp3) is 0.200. The summed E-state index contributed by atoms with van der Waals surface area (Å²) in [5.41, 5.74) is 1.12. The number of carbonyl (C=O) groups is 1. The van der Waals surface area contributed by atoms with E-state index < -0.39 is 16.4 Å². The summed E-state index contributed by atoms with van der Waals surface area (Å²) in [4.78, 5) is 26.9. The van der Waals surface area contributed by atoms with Gasteiger partial charge in [-0.05, 0) is 53.3 Å². The summed E-state index contributed by atoms with van der Waals surface area (Å²) in [6, 6.07) is 11.9. The molecule has 3 aromatic rings. The van der Waals surface area contributed by atoms with E-state index in [0.717, 1.165) is 27.5 Å². The molecule has 27 heavy (non-hydrogen) atoms. The number of anilines is 1. The Labute approximate surface area is 154 Å². The molecule has 136 valence electrons. The highest BCUT2D eigenvalue weighted by atomic mass is 19.1. The number of nitrogens with one attached hydrogen (secondary N) is 1. The van der Waals surface area contributed by atoms with Gasteiger partial charge in [0, 0.05) is 29.3 Å². The molecule has 6 nitrogen and oxygen atoms in total. The van der Waals surface area contributed by atoms with Crippen molar-refractivity contribution in [2.45, 2.75) is 25.3 Å². The first-order chi connectivity index (χ1) is 12.9. The van der Waals surface area contributed by atoms with E-state index >= 15 is 0 Å². The Kier molecular flexibility index (Phi) is 3.87. The first-order valence-electron chi connectivity index (χ1n) is 8.51. The van der Waals surface area contributed by atoms with Crippen molar-refractivity contribution in [1.29, 1.82) is 0 Å². The SMILES string of the molecule is Cc1ccc(F)cc1-c1ccc2cc(NC(=O)C3([N+](=O)[O-])CC3)ncc2c1. The van der Waals surface area contributed by atoms with Crippen molar-refractivity contribution >= 4 is 22.5 Å². The molecular weight excluding hydrogens is 349 g/mol. The normalized spacial score (nSPS) is 14.7. The maximum atomic E-state index is 13.6. The van der Waals surface area contributed by atoms with Gasteiger partial charge in [0.05, 0.1) is 0 Å². The number of nitrogens with zero attached hydrogens (tertiary/aromatic N) is 2. The van der Waals surface area contributed by atoms with Crippen LogP contribution in [0, 0.1) is 22.9 Å². The summed E-state index contributed by atoms with van der Waals surface area (Å²) in [7, 11) is 0. The second kappa shape index (κ2) is 6.12. The van der Waals surface area contributed by atoms with Crippen LogP contribution in [0.4, 0.5) is 10.2 Å². The summed E-state index contributed by atoms with van der Waals surface area (Å²) >= 11 is 0. The Morgan fingerprint density at radius 1 is 1.19 bits per heavy atom. The van der Waals surface area contributed by atoms with Crippen molar-refractivity contribution in [2.24, 2.45) is 0 Å². The zero-order valence-corrected chi connectivity index (χ0v) is 14.5. The third-order valence-electron chi connectivity index (χ3n) is 4.97. The van der Waals surface area contributed by atoms with E-state index in [1.165, 1.54) is 12.1 Å². The third kappa shape index (κ3) is 3.01. The van der Waals surface area contributed by atoms with Crippen LogP contribution in [0.2, 0.25) is 0 Å². The Morgan fingerprint density at radius 3 is 2.67 bits per heavy atom. The molecule has 1 N–H and O–H groups in total. The monoisotopic (exact) mass is 365 g/mol. The molecular formula is C20H16FN3O3. The van der Waals surface area contributed by atoms with E-state index in [1.54, 1.807) is 18.3 Å². The van der Waals surface area contributed by atoms with Crippen LogP contribution in [0.3, 0.4) is 0 Å². The Bertz CT molecular complexity index is 1090. The van der Waals surface area contributed by atoms with E-state index in [0.29, 0.717) is 0 Å². The van der Waals surface area contributed by atoms with E-state index in [-0.39, 0.29) is 24.5 Å². The van der Waals surface area contributed by atoms with Gasteiger partial charge in [-0.1, -0.05) is 18.2 Å². The lowest BCUT2D eigenvalue weighted by molar-refractivity contribution is -0.521. The van der Waals surface area contributed by atoms with Gasteiger partial charge in [0.15, 0.2) is 0 Å². The van der Waals surface area contributed by atoms with Crippen LogP contribution in [-0.2, 0) is 4.79 Å². The number of rotatable bonds is 4. The topological polar surface area (TPSA) is 85.1 Å². The van der Waals surface area contributed by atoms with Crippen molar-refractivity contribution < 1.29 is 14.1 Å². The van der Waals surface area contributed by atoms with E-state index in [9.17, 15) is 19.3 Å². The lowest BCUT2D eigenvalue weighted by Crippen LogP contribution is -2.37. The van der Waals surface area contributed by atoms with Crippen molar-refractivity contribution in [3.8, 4) is 11.1 Å². The number of halogens is 1. The number of nitro groups is 1. The smallest absolute Gasteiger partial charge is 0.303 e. The lowest BCUT2D eigenvalue weighted by atomic mass is 9.98. The van der Waals surface area contributed by atoms with Gasteiger partial charge in [0.1, 0.15) is 11.6 Å². The van der Waals surface area contributed by atoms with Gasteiger partial charge in [-0.15, -0.1) is 0 Å². The van der Waals surface area contributed by atoms with Crippen LogP contribution in [0.5, 0.6) is 0 Å². The molecule has 1 saturated carbocycles. The van der Waals surface area contributed by atoms with Gasteiger partial charge >= 0.3 is 5.91 Å². The molecule has 0 spiro atoms. The van der Waals surface area contributed by atoms with Crippen molar-refractivity contribution in [3.63, 3.8) is 0 Å². The van der Waals surface area contributed by atoms with E-state index in [4.69, 9.17) is 0 Å². The largest absolute Gasteiger partial charge is 0.304 e. The van der Waals surface area contributed by atoms with E-state index in [1.807, 2.05) is 25.1 Å². The number of aromatic nitrogens is 1. The Hall–Kier alpha value is -3.35. The van der Waals surface area contributed by atoms with E-state index in [2.05, 4.69) is 10.3 Å². The molecule has 0 bridgehead atoms. The number of pyridine rings is 1. The van der Waals surface area contributed by atoms with Gasteiger partial charge in [0.25, 0.3) is 5.54 Å². The predicted molar refractivity (Wildman–Crippen MR) is 99.5 cm³/mol. The highest BCUT2D eigenvalue weighted by molar-refractivity contribution is 6.00. The molecule has 7 heteroatoms. The molecule has 0 aliphatic heterocycles. The zero-order valence-electron chi connectivity index (χ0n) is 14.5. The van der Waals surface area contributed by atoms with Crippen LogP contribution >= 0.6 is 0 Å². The van der Waals surface area contributed by atoms with Crippen LogP contribution in [0.25, 0.3) is 21.9 Å². The molecule has 1 aliphatic carbocycles. The minimum Gasteiger partial charge on any atom is -0.304 e. The van der Waals surface area contributed by atoms with Crippen molar-refractivity contribution in [2.75, 3.05) is 5.32 Å². The fourth-order valence-corrected chi connectivity index (χ4v) is 3.13. The summed E-state index contributed by atoms with van der Waals surface area (Å²) in [6.45, 7) is 1.92.